The van der Waals surface area contributed by atoms with Gasteiger partial charge in [0, 0.05) is 63.4 Å². The molecule has 2 aliphatic rings. The van der Waals surface area contributed by atoms with Crippen molar-refractivity contribution in [3.05, 3.63) is 48.0 Å². The monoisotopic (exact) mass is 509 g/mol. The molecule has 10 nitrogen and oxygen atoms in total. The quantitative estimate of drug-likeness (QED) is 0.594. The number of anilines is 3. The molecule has 2 saturated heterocycles. The summed E-state index contributed by atoms with van der Waals surface area (Å²) < 4.78 is 10.1. The van der Waals surface area contributed by atoms with Crippen LogP contribution in [0.15, 0.2) is 42.5 Å². The van der Waals surface area contributed by atoms with Crippen molar-refractivity contribution in [2.45, 2.75) is 19.3 Å². The van der Waals surface area contributed by atoms with Crippen LogP contribution in [0.4, 0.5) is 21.9 Å². The highest BCUT2D eigenvalue weighted by atomic mass is 16.5. The molecule has 2 heterocycles. The molecule has 0 saturated carbocycles. The average molecular weight is 510 g/mol. The van der Waals surface area contributed by atoms with Crippen molar-refractivity contribution in [2.24, 2.45) is 0 Å². The minimum absolute atomic E-state index is 0.0336. The predicted molar refractivity (Wildman–Crippen MR) is 143 cm³/mol. The lowest BCUT2D eigenvalue weighted by atomic mass is 10.1. The van der Waals surface area contributed by atoms with Gasteiger partial charge in [-0.05, 0) is 61.7 Å². The maximum Gasteiger partial charge on any atom is 0.321 e. The van der Waals surface area contributed by atoms with E-state index in [-0.39, 0.29) is 24.5 Å². The molecule has 0 aromatic heterocycles. The highest BCUT2D eigenvalue weighted by Gasteiger charge is 2.26. The second-order valence-corrected chi connectivity index (χ2v) is 9.20. The van der Waals surface area contributed by atoms with Gasteiger partial charge in [0.2, 0.25) is 5.91 Å². The second-order valence-electron chi connectivity index (χ2n) is 9.20. The summed E-state index contributed by atoms with van der Waals surface area (Å²) in [5, 5.41) is 5.75. The molecular formula is C27H35N5O5. The molecule has 37 heavy (non-hydrogen) atoms. The van der Waals surface area contributed by atoms with E-state index < -0.39 is 0 Å². The maximum absolute atomic E-state index is 13.5. The molecule has 0 aliphatic carbocycles. The number of hydrogen-bond donors (Lipinski definition) is 2. The van der Waals surface area contributed by atoms with Crippen molar-refractivity contribution >= 4 is 34.9 Å². The number of benzene rings is 2. The Morgan fingerprint density at radius 3 is 2.19 bits per heavy atom. The molecule has 4 amide bonds. The molecule has 2 aromatic rings. The van der Waals surface area contributed by atoms with Gasteiger partial charge in [0.25, 0.3) is 5.91 Å². The second kappa shape index (κ2) is 12.4. The Morgan fingerprint density at radius 1 is 0.784 bits per heavy atom. The Bertz CT molecular complexity index is 1100. The summed E-state index contributed by atoms with van der Waals surface area (Å²) in [6.45, 7) is 3.84. The topological polar surface area (TPSA) is 103 Å². The van der Waals surface area contributed by atoms with Gasteiger partial charge in [-0.3, -0.25) is 9.59 Å². The number of likely N-dealkylation sites (tertiary alicyclic amines) is 1. The van der Waals surface area contributed by atoms with Gasteiger partial charge in [0.15, 0.2) is 0 Å². The Balaban J connectivity index is 1.48. The highest BCUT2D eigenvalue weighted by Crippen LogP contribution is 2.28. The van der Waals surface area contributed by atoms with Crippen LogP contribution in [-0.2, 0) is 9.53 Å². The van der Waals surface area contributed by atoms with E-state index in [0.29, 0.717) is 43.1 Å². The van der Waals surface area contributed by atoms with Gasteiger partial charge in [0.05, 0.1) is 12.7 Å². The van der Waals surface area contributed by atoms with E-state index >= 15 is 0 Å². The Kier molecular flexibility index (Phi) is 8.84. The van der Waals surface area contributed by atoms with Crippen molar-refractivity contribution in [3.63, 3.8) is 0 Å². The first-order chi connectivity index (χ1) is 18.0. The van der Waals surface area contributed by atoms with E-state index in [1.165, 1.54) is 7.11 Å². The number of amides is 4. The minimum Gasteiger partial charge on any atom is -0.497 e. The van der Waals surface area contributed by atoms with Gasteiger partial charge in [-0.1, -0.05) is 0 Å². The van der Waals surface area contributed by atoms with E-state index in [1.54, 1.807) is 30.2 Å². The standard InChI is InChI=1S/C27H35N5O5/c1-36-19-25(33)28-21-8-11-24(23(18-21)26(34)31-12-3-4-13-31)30-14-5-15-32(17-16-30)27(35)29-20-6-9-22(37-2)10-7-20/h6-11,18H,3-5,12-17,19H2,1-2H3,(H,28,33)(H,29,35). The lowest BCUT2D eigenvalue weighted by Gasteiger charge is -2.27. The number of ether oxygens (including phenoxy) is 2. The Hall–Kier alpha value is -3.79. The summed E-state index contributed by atoms with van der Waals surface area (Å²) in [6.07, 6.45) is 2.75. The van der Waals surface area contributed by atoms with Crippen molar-refractivity contribution in [1.82, 2.24) is 9.80 Å². The Labute approximate surface area is 217 Å². The number of nitrogens with zero attached hydrogens (tertiary/aromatic N) is 3. The molecule has 0 unspecified atom stereocenters. The normalized spacial score (nSPS) is 15.8. The fourth-order valence-corrected chi connectivity index (χ4v) is 4.72. The van der Waals surface area contributed by atoms with Crippen LogP contribution in [0.3, 0.4) is 0 Å². The predicted octanol–water partition coefficient (Wildman–Crippen LogP) is 3.26. The first-order valence-corrected chi connectivity index (χ1v) is 12.7. The van der Waals surface area contributed by atoms with Gasteiger partial charge in [-0.2, -0.15) is 0 Å². The summed E-state index contributed by atoms with van der Waals surface area (Å²) in [5.74, 6) is 0.420. The third-order valence-corrected chi connectivity index (χ3v) is 6.64. The lowest BCUT2D eigenvalue weighted by molar-refractivity contribution is -0.119. The summed E-state index contributed by atoms with van der Waals surface area (Å²) in [7, 11) is 3.07. The lowest BCUT2D eigenvalue weighted by Crippen LogP contribution is -2.38. The SMILES string of the molecule is COCC(=O)Nc1ccc(N2CCCN(C(=O)Nc3ccc(OC)cc3)CC2)c(C(=O)N2CCCC2)c1. The average Bonchev–Trinajstić information content (AvgIpc) is 3.33. The zero-order chi connectivity index (χ0) is 26.2. The van der Waals surface area contributed by atoms with E-state index in [4.69, 9.17) is 9.47 Å². The number of rotatable bonds is 7. The molecule has 2 aromatic carbocycles. The molecule has 4 rings (SSSR count). The highest BCUT2D eigenvalue weighted by molar-refractivity contribution is 6.02. The molecular weight excluding hydrogens is 474 g/mol. The molecule has 0 radical (unpaired) electrons. The molecule has 0 spiro atoms. The maximum atomic E-state index is 13.5. The first-order valence-electron chi connectivity index (χ1n) is 12.7. The van der Waals surface area contributed by atoms with Crippen LogP contribution in [-0.4, -0.2) is 87.7 Å². The largest absolute Gasteiger partial charge is 0.497 e. The van der Waals surface area contributed by atoms with E-state index in [1.807, 2.05) is 29.2 Å². The van der Waals surface area contributed by atoms with Crippen LogP contribution in [0, 0.1) is 0 Å². The molecule has 2 aliphatic heterocycles. The molecule has 10 heteroatoms. The summed E-state index contributed by atoms with van der Waals surface area (Å²) in [4.78, 5) is 44.3. The van der Waals surface area contributed by atoms with Gasteiger partial charge in [-0.15, -0.1) is 0 Å². The van der Waals surface area contributed by atoms with Crippen LogP contribution in [0.5, 0.6) is 5.75 Å². The summed E-state index contributed by atoms with van der Waals surface area (Å²) >= 11 is 0. The van der Waals surface area contributed by atoms with E-state index in [0.717, 1.165) is 43.8 Å². The number of carbonyl (C=O) groups excluding carboxylic acids is 3. The van der Waals surface area contributed by atoms with Gasteiger partial charge >= 0.3 is 6.03 Å². The Morgan fingerprint density at radius 2 is 1.49 bits per heavy atom. The van der Waals surface area contributed by atoms with Crippen LogP contribution in [0.25, 0.3) is 0 Å². The van der Waals surface area contributed by atoms with Crippen molar-refractivity contribution in [3.8, 4) is 5.75 Å². The molecule has 0 bridgehead atoms. The zero-order valence-corrected chi connectivity index (χ0v) is 21.5. The van der Waals surface area contributed by atoms with Crippen LogP contribution < -0.4 is 20.3 Å². The fourth-order valence-electron chi connectivity index (χ4n) is 4.72. The summed E-state index contributed by atoms with van der Waals surface area (Å²) in [5.41, 5.74) is 2.65. The van der Waals surface area contributed by atoms with E-state index in [2.05, 4.69) is 15.5 Å². The van der Waals surface area contributed by atoms with Crippen molar-refractivity contribution < 1.29 is 23.9 Å². The smallest absolute Gasteiger partial charge is 0.321 e. The van der Waals surface area contributed by atoms with Crippen LogP contribution in [0.2, 0.25) is 0 Å². The van der Waals surface area contributed by atoms with Gasteiger partial charge in [0.1, 0.15) is 12.4 Å². The van der Waals surface area contributed by atoms with Gasteiger partial charge < -0.3 is 34.8 Å². The zero-order valence-electron chi connectivity index (χ0n) is 21.5. The minimum atomic E-state index is -0.275. The molecule has 2 fully saturated rings. The molecule has 2 N–H and O–H groups in total. The third kappa shape index (κ3) is 6.71. The third-order valence-electron chi connectivity index (χ3n) is 6.64. The van der Waals surface area contributed by atoms with Crippen LogP contribution >= 0.6 is 0 Å². The number of hydrogen-bond acceptors (Lipinski definition) is 6. The van der Waals surface area contributed by atoms with Crippen LogP contribution in [0.1, 0.15) is 29.6 Å². The summed E-state index contributed by atoms with van der Waals surface area (Å²) in [6, 6.07) is 12.5. The first kappa shape index (κ1) is 26.3. The molecule has 0 atom stereocenters. The number of urea groups is 1. The number of nitrogens with one attached hydrogen (secondary N) is 2. The van der Waals surface area contributed by atoms with Crippen molar-refractivity contribution in [1.29, 1.82) is 0 Å². The molecule has 198 valence electrons. The fraction of sp³-hybridized carbons (Fsp3) is 0.444. The van der Waals surface area contributed by atoms with E-state index in [9.17, 15) is 14.4 Å². The van der Waals surface area contributed by atoms with Crippen molar-refractivity contribution in [2.75, 3.05) is 75.6 Å². The number of carbonyl (C=O) groups is 3. The van der Waals surface area contributed by atoms with Gasteiger partial charge in [-0.25, -0.2) is 4.79 Å². The number of methoxy groups -OCH3 is 2.